The maximum Gasteiger partial charge on any atom is 0.220 e. The Morgan fingerprint density at radius 1 is 1.12 bits per heavy atom. The Labute approximate surface area is 157 Å². The molecule has 2 aliphatic rings. The molecule has 2 aromatic rings. The minimum Gasteiger partial charge on any atom is -0.355 e. The van der Waals surface area contributed by atoms with Gasteiger partial charge < -0.3 is 9.88 Å². The maximum atomic E-state index is 12.2. The molecule has 0 unspecified atom stereocenters. The van der Waals surface area contributed by atoms with E-state index in [0.29, 0.717) is 6.42 Å². The van der Waals surface area contributed by atoms with Crippen LogP contribution in [0.1, 0.15) is 76.0 Å². The van der Waals surface area contributed by atoms with Crippen molar-refractivity contribution in [2.45, 2.75) is 83.1 Å². The fourth-order valence-electron chi connectivity index (χ4n) is 5.35. The number of carbonyl (C=O) groups is 1. The first-order valence-corrected chi connectivity index (χ1v) is 10.6. The largest absolute Gasteiger partial charge is 0.355 e. The van der Waals surface area contributed by atoms with Crippen molar-refractivity contribution in [2.24, 2.45) is 0 Å². The highest BCUT2D eigenvalue weighted by Gasteiger charge is 2.39. The van der Waals surface area contributed by atoms with E-state index in [0.717, 1.165) is 19.5 Å². The second-order valence-electron chi connectivity index (χ2n) is 8.32. The topological polar surface area (TPSA) is 34.0 Å². The summed E-state index contributed by atoms with van der Waals surface area (Å²) in [6.07, 6.45) is 11.6. The number of rotatable bonds is 5. The van der Waals surface area contributed by atoms with Crippen molar-refractivity contribution in [3.05, 3.63) is 35.5 Å². The summed E-state index contributed by atoms with van der Waals surface area (Å²) in [5.41, 5.74) is 4.66. The Morgan fingerprint density at radius 3 is 2.73 bits per heavy atom. The van der Waals surface area contributed by atoms with Crippen molar-refractivity contribution in [1.29, 1.82) is 0 Å². The van der Waals surface area contributed by atoms with Gasteiger partial charge in [0.15, 0.2) is 0 Å². The van der Waals surface area contributed by atoms with Crippen LogP contribution in [0.5, 0.6) is 0 Å². The number of aryl methyl sites for hydroxylation is 1. The first kappa shape index (κ1) is 17.6. The van der Waals surface area contributed by atoms with E-state index in [2.05, 4.69) is 41.1 Å². The van der Waals surface area contributed by atoms with E-state index in [4.69, 9.17) is 0 Å². The SMILES string of the molecule is CCCC(=O)NCC1(c2c3n(c4ccccc24)CCCC3)CCCCC1. The third-order valence-electron chi connectivity index (χ3n) is 6.57. The van der Waals surface area contributed by atoms with Crippen molar-refractivity contribution in [1.82, 2.24) is 9.88 Å². The second kappa shape index (κ2) is 7.46. The lowest BCUT2D eigenvalue weighted by molar-refractivity contribution is -0.121. The summed E-state index contributed by atoms with van der Waals surface area (Å²) in [7, 11) is 0. The van der Waals surface area contributed by atoms with Crippen LogP contribution in [-0.4, -0.2) is 17.0 Å². The van der Waals surface area contributed by atoms with Gasteiger partial charge >= 0.3 is 0 Å². The Bertz CT molecular complexity index is 783. The van der Waals surface area contributed by atoms with Crippen LogP contribution < -0.4 is 5.32 Å². The average molecular weight is 353 g/mol. The zero-order valence-corrected chi connectivity index (χ0v) is 16.2. The van der Waals surface area contributed by atoms with Gasteiger partial charge in [0, 0.05) is 41.5 Å². The Morgan fingerprint density at radius 2 is 1.92 bits per heavy atom. The highest BCUT2D eigenvalue weighted by atomic mass is 16.1. The zero-order chi connectivity index (χ0) is 18.0. The van der Waals surface area contributed by atoms with Crippen LogP contribution in [0.2, 0.25) is 0 Å². The molecular weight excluding hydrogens is 320 g/mol. The predicted molar refractivity (Wildman–Crippen MR) is 108 cm³/mol. The lowest BCUT2D eigenvalue weighted by Crippen LogP contribution is -2.43. The Kier molecular flexibility index (Phi) is 5.06. The molecule has 1 saturated carbocycles. The third kappa shape index (κ3) is 3.06. The van der Waals surface area contributed by atoms with E-state index in [1.165, 1.54) is 62.3 Å². The minimum absolute atomic E-state index is 0.124. The van der Waals surface area contributed by atoms with Gasteiger partial charge in [0.1, 0.15) is 0 Å². The molecule has 140 valence electrons. The number of amides is 1. The van der Waals surface area contributed by atoms with Crippen molar-refractivity contribution in [3.8, 4) is 0 Å². The number of aromatic nitrogens is 1. The summed E-state index contributed by atoms with van der Waals surface area (Å²) >= 11 is 0. The lowest BCUT2D eigenvalue weighted by atomic mass is 9.68. The van der Waals surface area contributed by atoms with Crippen LogP contribution in [0, 0.1) is 0 Å². The lowest BCUT2D eigenvalue weighted by Gasteiger charge is -2.39. The molecular formula is C23H32N2O. The molecule has 3 nitrogen and oxygen atoms in total. The van der Waals surface area contributed by atoms with Gasteiger partial charge in [-0.1, -0.05) is 44.4 Å². The smallest absolute Gasteiger partial charge is 0.220 e. The molecule has 0 radical (unpaired) electrons. The highest BCUT2D eigenvalue weighted by molar-refractivity contribution is 5.87. The summed E-state index contributed by atoms with van der Waals surface area (Å²) in [5, 5.41) is 4.75. The highest BCUT2D eigenvalue weighted by Crippen LogP contribution is 2.46. The minimum atomic E-state index is 0.124. The molecule has 0 spiro atoms. The van der Waals surface area contributed by atoms with Gasteiger partial charge in [0.2, 0.25) is 5.91 Å². The van der Waals surface area contributed by atoms with E-state index >= 15 is 0 Å². The number of nitrogens with zero attached hydrogens (tertiary/aromatic N) is 1. The van der Waals surface area contributed by atoms with Gasteiger partial charge in [0.25, 0.3) is 0 Å². The van der Waals surface area contributed by atoms with Crippen LogP contribution in [-0.2, 0) is 23.2 Å². The van der Waals surface area contributed by atoms with Gasteiger partial charge in [-0.25, -0.2) is 0 Å². The number of fused-ring (bicyclic) bond motifs is 3. The summed E-state index contributed by atoms with van der Waals surface area (Å²) in [4.78, 5) is 12.2. The van der Waals surface area contributed by atoms with E-state index in [1.807, 2.05) is 0 Å². The molecule has 2 heterocycles. The monoisotopic (exact) mass is 352 g/mol. The number of para-hydroxylation sites is 1. The number of carbonyl (C=O) groups excluding carboxylic acids is 1. The van der Waals surface area contributed by atoms with Crippen molar-refractivity contribution in [3.63, 3.8) is 0 Å². The van der Waals surface area contributed by atoms with Crippen molar-refractivity contribution < 1.29 is 4.79 Å². The van der Waals surface area contributed by atoms with Crippen LogP contribution in [0.3, 0.4) is 0 Å². The van der Waals surface area contributed by atoms with Crippen LogP contribution >= 0.6 is 0 Å². The Hall–Kier alpha value is -1.77. The first-order valence-electron chi connectivity index (χ1n) is 10.6. The van der Waals surface area contributed by atoms with E-state index in [9.17, 15) is 4.79 Å². The van der Waals surface area contributed by atoms with Gasteiger partial charge in [-0.3, -0.25) is 4.79 Å². The summed E-state index contributed by atoms with van der Waals surface area (Å²) in [6, 6.07) is 8.97. The molecule has 1 amide bonds. The molecule has 3 heteroatoms. The van der Waals surface area contributed by atoms with E-state index in [1.54, 1.807) is 11.3 Å². The van der Waals surface area contributed by atoms with E-state index < -0.39 is 0 Å². The van der Waals surface area contributed by atoms with Crippen LogP contribution in [0.4, 0.5) is 0 Å². The molecule has 0 atom stereocenters. The predicted octanol–water partition coefficient (Wildman–Crippen LogP) is 5.10. The van der Waals surface area contributed by atoms with Gasteiger partial charge in [-0.05, 0) is 50.2 Å². The molecule has 0 saturated heterocycles. The molecule has 1 aliphatic carbocycles. The standard InChI is InChI=1S/C23H32N2O/c1-2-10-21(26)24-17-23(14-7-3-8-15-23)22-18-11-4-5-12-19(18)25-16-9-6-13-20(22)25/h4-5,11-12H,2-3,6-10,13-17H2,1H3,(H,24,26). The van der Waals surface area contributed by atoms with Gasteiger partial charge in [-0.15, -0.1) is 0 Å². The molecule has 1 fully saturated rings. The molecule has 26 heavy (non-hydrogen) atoms. The summed E-state index contributed by atoms with van der Waals surface area (Å²) < 4.78 is 2.58. The fourth-order valence-corrected chi connectivity index (χ4v) is 5.35. The molecule has 1 aliphatic heterocycles. The fraction of sp³-hybridized carbons (Fsp3) is 0.609. The molecule has 1 aromatic heterocycles. The number of hydrogen-bond acceptors (Lipinski definition) is 1. The normalized spacial score (nSPS) is 19.3. The first-order chi connectivity index (χ1) is 12.7. The van der Waals surface area contributed by atoms with Crippen LogP contribution in [0.25, 0.3) is 10.9 Å². The summed E-state index contributed by atoms with van der Waals surface area (Å²) in [5.74, 6) is 0.217. The zero-order valence-electron chi connectivity index (χ0n) is 16.2. The van der Waals surface area contributed by atoms with Crippen LogP contribution in [0.15, 0.2) is 24.3 Å². The maximum absolute atomic E-state index is 12.2. The summed E-state index contributed by atoms with van der Waals surface area (Å²) in [6.45, 7) is 4.04. The molecule has 0 bridgehead atoms. The number of hydrogen-bond donors (Lipinski definition) is 1. The van der Waals surface area contributed by atoms with Gasteiger partial charge in [-0.2, -0.15) is 0 Å². The molecule has 4 rings (SSSR count). The molecule has 1 aromatic carbocycles. The quantitative estimate of drug-likeness (QED) is 0.798. The number of nitrogens with one attached hydrogen (secondary N) is 1. The second-order valence-corrected chi connectivity index (χ2v) is 8.32. The van der Waals surface area contributed by atoms with Crippen molar-refractivity contribution in [2.75, 3.05) is 6.54 Å². The van der Waals surface area contributed by atoms with Crippen molar-refractivity contribution >= 4 is 16.8 Å². The molecule has 1 N–H and O–H groups in total. The number of benzene rings is 1. The van der Waals surface area contributed by atoms with Gasteiger partial charge in [0.05, 0.1) is 0 Å². The Balaban J connectivity index is 1.79. The third-order valence-corrected chi connectivity index (χ3v) is 6.57. The average Bonchev–Trinajstić information content (AvgIpc) is 3.03. The van der Waals surface area contributed by atoms with E-state index in [-0.39, 0.29) is 11.3 Å².